The van der Waals surface area contributed by atoms with E-state index in [1.54, 1.807) is 4.90 Å². The molecule has 0 aromatic carbocycles. The zero-order chi connectivity index (χ0) is 23.2. The van der Waals surface area contributed by atoms with Crippen molar-refractivity contribution in [1.82, 2.24) is 15.5 Å². The lowest BCUT2D eigenvalue weighted by atomic mass is 10.3. The van der Waals surface area contributed by atoms with Crippen LogP contribution in [-0.4, -0.2) is 93.5 Å². The first-order valence-electron chi connectivity index (χ1n) is 10.6. The van der Waals surface area contributed by atoms with Crippen LogP contribution in [0, 0.1) is 0 Å². The van der Waals surface area contributed by atoms with Crippen molar-refractivity contribution >= 4 is 17.8 Å². The fourth-order valence-corrected chi connectivity index (χ4v) is 2.53. The molecule has 12 heteroatoms. The molecule has 31 heavy (non-hydrogen) atoms. The van der Waals surface area contributed by atoms with Crippen LogP contribution in [0.4, 0.5) is 0 Å². The Morgan fingerprint density at radius 1 is 0.968 bits per heavy atom. The van der Waals surface area contributed by atoms with Gasteiger partial charge in [-0.2, -0.15) is 0 Å². The molecule has 0 bridgehead atoms. The Labute approximate surface area is 183 Å². The summed E-state index contributed by atoms with van der Waals surface area (Å²) in [4.78, 5) is 38.8. The highest BCUT2D eigenvalue weighted by molar-refractivity contribution is 5.76. The van der Waals surface area contributed by atoms with Crippen LogP contribution in [0.5, 0.6) is 0 Å². The molecule has 0 aromatic heterocycles. The highest BCUT2D eigenvalue weighted by Crippen LogP contribution is 1.95. The maximum Gasteiger partial charge on any atom is 0.317 e. The van der Waals surface area contributed by atoms with Crippen molar-refractivity contribution in [2.24, 2.45) is 5.11 Å². The topological polar surface area (TPSA) is 166 Å². The number of carboxylic acid groups (broad SMARTS) is 1. The Morgan fingerprint density at radius 3 is 2.00 bits per heavy atom. The van der Waals surface area contributed by atoms with Crippen molar-refractivity contribution in [2.45, 2.75) is 39.0 Å². The minimum Gasteiger partial charge on any atom is -0.480 e. The van der Waals surface area contributed by atoms with Gasteiger partial charge >= 0.3 is 5.97 Å². The summed E-state index contributed by atoms with van der Waals surface area (Å²) >= 11 is 0. The van der Waals surface area contributed by atoms with Crippen LogP contribution >= 0.6 is 0 Å². The fourth-order valence-electron chi connectivity index (χ4n) is 2.53. The summed E-state index contributed by atoms with van der Waals surface area (Å²) in [5.74, 6) is -1.15. The number of nitrogens with one attached hydrogen (secondary N) is 2. The number of carbonyl (C=O) groups excluding carboxylic acids is 2. The number of carbonyl (C=O) groups is 3. The molecule has 0 aromatic rings. The van der Waals surface area contributed by atoms with E-state index in [4.69, 9.17) is 20.1 Å². The molecule has 0 radical (unpaired) electrons. The van der Waals surface area contributed by atoms with E-state index in [-0.39, 0.29) is 44.5 Å². The summed E-state index contributed by atoms with van der Waals surface area (Å²) in [6.45, 7) is 5.66. The lowest BCUT2D eigenvalue weighted by Crippen LogP contribution is -2.36. The van der Waals surface area contributed by atoms with Gasteiger partial charge in [-0.1, -0.05) is 12.0 Å². The van der Waals surface area contributed by atoms with Crippen molar-refractivity contribution in [2.75, 3.05) is 65.7 Å². The zero-order valence-corrected chi connectivity index (χ0v) is 18.4. The van der Waals surface area contributed by atoms with Crippen LogP contribution in [-0.2, 0) is 23.9 Å². The van der Waals surface area contributed by atoms with E-state index in [0.29, 0.717) is 58.7 Å². The number of rotatable bonds is 21. The molecule has 0 aliphatic carbocycles. The second kappa shape index (κ2) is 20.9. The average Bonchev–Trinajstić information content (AvgIpc) is 2.73. The number of ether oxygens (including phenoxy) is 2. The second-order valence-corrected chi connectivity index (χ2v) is 6.76. The number of aliphatic carboxylic acids is 1. The summed E-state index contributed by atoms with van der Waals surface area (Å²) in [5, 5.41) is 17.9. The molecule has 0 rings (SSSR count). The largest absolute Gasteiger partial charge is 0.480 e. The Balaban J connectivity index is 3.87. The standard InChI is InChI=1S/C19H36N6O6/c1-2-12-30-13-5-17(26)21-7-3-10-25(16-19(28)29)11-4-8-22-18(27)6-14-31-15-9-23-24-20/h2-16H2,1H3,(H,21,26)(H,22,27)(H,28,29). The average molecular weight is 445 g/mol. The summed E-state index contributed by atoms with van der Waals surface area (Å²) in [6.07, 6.45) is 2.68. The highest BCUT2D eigenvalue weighted by atomic mass is 16.5. The van der Waals surface area contributed by atoms with Crippen LogP contribution in [0.25, 0.3) is 10.4 Å². The second-order valence-electron chi connectivity index (χ2n) is 6.76. The van der Waals surface area contributed by atoms with E-state index in [1.807, 2.05) is 6.92 Å². The van der Waals surface area contributed by atoms with Gasteiger partial charge < -0.3 is 25.2 Å². The van der Waals surface area contributed by atoms with Gasteiger partial charge in [-0.25, -0.2) is 0 Å². The Bertz CT molecular complexity index is 556. The van der Waals surface area contributed by atoms with E-state index >= 15 is 0 Å². The molecule has 0 atom stereocenters. The number of hydrogen-bond acceptors (Lipinski definition) is 7. The molecular formula is C19H36N6O6. The third-order valence-electron chi connectivity index (χ3n) is 4.00. The van der Waals surface area contributed by atoms with Gasteiger partial charge in [0, 0.05) is 57.1 Å². The van der Waals surface area contributed by atoms with Crippen molar-refractivity contribution in [3.05, 3.63) is 10.4 Å². The van der Waals surface area contributed by atoms with Gasteiger partial charge in [0.15, 0.2) is 0 Å². The molecule has 0 aliphatic rings. The van der Waals surface area contributed by atoms with Crippen LogP contribution in [0.1, 0.15) is 39.0 Å². The van der Waals surface area contributed by atoms with Crippen molar-refractivity contribution in [3.8, 4) is 0 Å². The number of nitrogens with zero attached hydrogens (tertiary/aromatic N) is 4. The minimum atomic E-state index is -0.918. The van der Waals surface area contributed by atoms with Gasteiger partial charge in [0.1, 0.15) is 0 Å². The van der Waals surface area contributed by atoms with E-state index in [1.165, 1.54) is 0 Å². The molecular weight excluding hydrogens is 408 g/mol. The lowest BCUT2D eigenvalue weighted by Gasteiger charge is -2.20. The number of hydrogen-bond donors (Lipinski definition) is 3. The monoisotopic (exact) mass is 444 g/mol. The van der Waals surface area contributed by atoms with Gasteiger partial charge in [-0.05, 0) is 24.8 Å². The first-order valence-corrected chi connectivity index (χ1v) is 10.6. The zero-order valence-electron chi connectivity index (χ0n) is 18.4. The highest BCUT2D eigenvalue weighted by Gasteiger charge is 2.10. The maximum atomic E-state index is 11.7. The lowest BCUT2D eigenvalue weighted by molar-refractivity contribution is -0.138. The SMILES string of the molecule is CCCOCCC(=O)NCCCN(CCCNC(=O)CCOCCN=[N+]=[N-])CC(=O)O. The van der Waals surface area contributed by atoms with Crippen LogP contribution in [0.15, 0.2) is 5.11 Å². The molecule has 0 heterocycles. The van der Waals surface area contributed by atoms with Gasteiger partial charge in [-0.15, -0.1) is 0 Å². The summed E-state index contributed by atoms with van der Waals surface area (Å²) < 4.78 is 10.4. The molecule has 0 saturated carbocycles. The Kier molecular flexibility index (Phi) is 19.2. The van der Waals surface area contributed by atoms with Crippen molar-refractivity contribution in [3.63, 3.8) is 0 Å². The predicted molar refractivity (Wildman–Crippen MR) is 115 cm³/mol. The van der Waals surface area contributed by atoms with Gasteiger partial charge in [0.05, 0.1) is 26.4 Å². The molecule has 2 amide bonds. The number of carboxylic acids is 1. The summed E-state index contributed by atoms with van der Waals surface area (Å²) in [5.41, 5.74) is 8.13. The molecule has 0 aliphatic heterocycles. The van der Waals surface area contributed by atoms with E-state index < -0.39 is 5.97 Å². The van der Waals surface area contributed by atoms with Crippen molar-refractivity contribution in [1.29, 1.82) is 0 Å². The van der Waals surface area contributed by atoms with Crippen LogP contribution < -0.4 is 10.6 Å². The smallest absolute Gasteiger partial charge is 0.317 e. The quantitative estimate of drug-likeness (QED) is 0.102. The summed E-state index contributed by atoms with van der Waals surface area (Å²) in [7, 11) is 0. The first kappa shape index (κ1) is 28.6. The molecule has 0 fully saturated rings. The van der Waals surface area contributed by atoms with Crippen LogP contribution in [0.2, 0.25) is 0 Å². The third kappa shape index (κ3) is 20.6. The van der Waals surface area contributed by atoms with Gasteiger partial charge in [-0.3, -0.25) is 19.3 Å². The van der Waals surface area contributed by atoms with Crippen molar-refractivity contribution < 1.29 is 29.0 Å². The van der Waals surface area contributed by atoms with E-state index in [0.717, 1.165) is 6.42 Å². The summed E-state index contributed by atoms with van der Waals surface area (Å²) in [6, 6.07) is 0. The number of amides is 2. The van der Waals surface area contributed by atoms with Crippen LogP contribution in [0.3, 0.4) is 0 Å². The normalized spacial score (nSPS) is 10.5. The first-order chi connectivity index (χ1) is 15.0. The third-order valence-corrected chi connectivity index (χ3v) is 4.00. The minimum absolute atomic E-state index is 0.0784. The Morgan fingerprint density at radius 2 is 1.52 bits per heavy atom. The molecule has 12 nitrogen and oxygen atoms in total. The molecule has 178 valence electrons. The molecule has 0 saturated heterocycles. The molecule has 0 unspecified atom stereocenters. The Hall–Kier alpha value is -2.40. The maximum absolute atomic E-state index is 11.7. The molecule has 0 spiro atoms. The number of azide groups is 1. The van der Waals surface area contributed by atoms with E-state index in [9.17, 15) is 14.4 Å². The molecule has 3 N–H and O–H groups in total. The van der Waals surface area contributed by atoms with Gasteiger partial charge in [0.2, 0.25) is 11.8 Å². The fraction of sp³-hybridized carbons (Fsp3) is 0.842. The predicted octanol–water partition coefficient (Wildman–Crippen LogP) is 0.919. The van der Waals surface area contributed by atoms with Gasteiger partial charge in [0.25, 0.3) is 0 Å². The van der Waals surface area contributed by atoms with E-state index in [2.05, 4.69) is 20.7 Å².